The molecule has 22 heavy (non-hydrogen) atoms. The number of hydrogen-bond donors (Lipinski definition) is 1. The first kappa shape index (κ1) is 13.8. The van der Waals surface area contributed by atoms with Crippen LogP contribution in [-0.4, -0.2) is 19.1 Å². The van der Waals surface area contributed by atoms with E-state index in [0.29, 0.717) is 6.04 Å². The Balaban J connectivity index is 1.44. The number of rotatable bonds is 4. The average Bonchev–Trinajstić information content (AvgIpc) is 3.18. The molecular weight excluding hydrogens is 268 g/mol. The van der Waals surface area contributed by atoms with Gasteiger partial charge in [0.25, 0.3) is 0 Å². The molecule has 1 aliphatic carbocycles. The predicted octanol–water partition coefficient (Wildman–Crippen LogP) is 3.85. The number of para-hydroxylation sites is 1. The van der Waals surface area contributed by atoms with E-state index in [4.69, 9.17) is 0 Å². The Morgan fingerprint density at radius 2 is 1.86 bits per heavy atom. The van der Waals surface area contributed by atoms with E-state index in [-0.39, 0.29) is 5.54 Å². The maximum atomic E-state index is 3.97. The molecule has 0 aromatic heterocycles. The van der Waals surface area contributed by atoms with Crippen LogP contribution in [0.25, 0.3) is 0 Å². The highest BCUT2D eigenvalue weighted by atomic mass is 15.2. The smallest absolute Gasteiger partial charge is 0.0439 e. The number of nitrogens with one attached hydrogen (secondary N) is 1. The van der Waals surface area contributed by atoms with Crippen LogP contribution in [0.5, 0.6) is 0 Å². The van der Waals surface area contributed by atoms with E-state index < -0.39 is 0 Å². The number of anilines is 1. The summed E-state index contributed by atoms with van der Waals surface area (Å²) < 4.78 is 0. The minimum atomic E-state index is 0.253. The van der Waals surface area contributed by atoms with Crippen LogP contribution >= 0.6 is 0 Å². The van der Waals surface area contributed by atoms with Crippen LogP contribution in [0.4, 0.5) is 5.69 Å². The Morgan fingerprint density at radius 3 is 2.59 bits per heavy atom. The van der Waals surface area contributed by atoms with Gasteiger partial charge in [-0.2, -0.15) is 0 Å². The molecule has 0 bridgehead atoms. The first-order valence-corrected chi connectivity index (χ1v) is 8.40. The van der Waals surface area contributed by atoms with E-state index in [9.17, 15) is 0 Å². The third kappa shape index (κ3) is 2.64. The number of benzene rings is 2. The van der Waals surface area contributed by atoms with Crippen molar-refractivity contribution in [2.45, 2.75) is 37.8 Å². The third-order valence-corrected chi connectivity index (χ3v) is 5.11. The van der Waals surface area contributed by atoms with Crippen molar-refractivity contribution in [3.8, 4) is 0 Å². The van der Waals surface area contributed by atoms with Crippen molar-refractivity contribution in [1.29, 1.82) is 0 Å². The molecule has 114 valence electrons. The van der Waals surface area contributed by atoms with Gasteiger partial charge < -0.3 is 10.2 Å². The van der Waals surface area contributed by atoms with Crippen molar-refractivity contribution >= 4 is 5.69 Å². The molecule has 1 heterocycles. The molecule has 4 rings (SSSR count). The van der Waals surface area contributed by atoms with E-state index in [0.717, 1.165) is 13.1 Å². The molecule has 1 saturated carbocycles. The Kier molecular flexibility index (Phi) is 3.42. The lowest BCUT2D eigenvalue weighted by molar-refractivity contribution is 0.440. The van der Waals surface area contributed by atoms with Gasteiger partial charge in [0.2, 0.25) is 0 Å². The lowest BCUT2D eigenvalue weighted by Gasteiger charge is -2.24. The van der Waals surface area contributed by atoms with Gasteiger partial charge in [-0.3, -0.25) is 0 Å². The standard InChI is InChI=1S/C20H24N2/c1-16-6-5-7-17(14-16)20(11-12-20)21-18-10-13-22(15-18)19-8-3-2-4-9-19/h2-9,14,18,21H,10-13,15H2,1H3. The van der Waals surface area contributed by atoms with Gasteiger partial charge >= 0.3 is 0 Å². The summed E-state index contributed by atoms with van der Waals surface area (Å²) in [7, 11) is 0. The van der Waals surface area contributed by atoms with E-state index >= 15 is 0 Å². The topological polar surface area (TPSA) is 15.3 Å². The lowest BCUT2D eigenvalue weighted by atomic mass is 10.0. The molecule has 2 aromatic rings. The zero-order valence-electron chi connectivity index (χ0n) is 13.3. The Bertz CT molecular complexity index is 646. The number of nitrogens with zero attached hydrogens (tertiary/aromatic N) is 1. The van der Waals surface area contributed by atoms with Gasteiger partial charge in [-0.15, -0.1) is 0 Å². The second-order valence-electron chi connectivity index (χ2n) is 6.86. The highest BCUT2D eigenvalue weighted by molar-refractivity contribution is 5.47. The first-order valence-electron chi connectivity index (χ1n) is 8.40. The van der Waals surface area contributed by atoms with Gasteiger partial charge in [0.05, 0.1) is 0 Å². The molecule has 1 atom stereocenters. The molecule has 2 nitrogen and oxygen atoms in total. The van der Waals surface area contributed by atoms with Gasteiger partial charge in [0, 0.05) is 30.4 Å². The van der Waals surface area contributed by atoms with E-state index in [2.05, 4.69) is 71.7 Å². The Labute approximate surface area is 133 Å². The fourth-order valence-electron chi connectivity index (χ4n) is 3.73. The maximum Gasteiger partial charge on any atom is 0.0439 e. The molecule has 1 unspecified atom stereocenters. The molecule has 1 aliphatic heterocycles. The molecule has 1 N–H and O–H groups in total. The summed E-state index contributed by atoms with van der Waals surface area (Å²) in [5, 5.41) is 3.97. The van der Waals surface area contributed by atoms with Gasteiger partial charge in [0.15, 0.2) is 0 Å². The fraction of sp³-hybridized carbons (Fsp3) is 0.400. The van der Waals surface area contributed by atoms with Crippen LogP contribution in [0.2, 0.25) is 0 Å². The predicted molar refractivity (Wildman–Crippen MR) is 92.3 cm³/mol. The quantitative estimate of drug-likeness (QED) is 0.920. The van der Waals surface area contributed by atoms with Crippen molar-refractivity contribution < 1.29 is 0 Å². The fourth-order valence-corrected chi connectivity index (χ4v) is 3.73. The summed E-state index contributed by atoms with van der Waals surface area (Å²) in [5.74, 6) is 0. The minimum absolute atomic E-state index is 0.253. The molecule has 2 fully saturated rings. The molecule has 0 radical (unpaired) electrons. The second-order valence-corrected chi connectivity index (χ2v) is 6.86. The van der Waals surface area contributed by atoms with Crippen LogP contribution in [0.15, 0.2) is 54.6 Å². The molecule has 0 amide bonds. The Morgan fingerprint density at radius 1 is 1.05 bits per heavy atom. The number of hydrogen-bond acceptors (Lipinski definition) is 2. The zero-order chi connectivity index (χ0) is 15.0. The largest absolute Gasteiger partial charge is 0.370 e. The van der Waals surface area contributed by atoms with E-state index in [1.165, 1.54) is 36.1 Å². The molecule has 2 heteroatoms. The van der Waals surface area contributed by atoms with Crippen LogP contribution in [0, 0.1) is 6.92 Å². The van der Waals surface area contributed by atoms with Crippen molar-refractivity contribution in [2.24, 2.45) is 0 Å². The van der Waals surface area contributed by atoms with Crippen LogP contribution in [0.1, 0.15) is 30.4 Å². The van der Waals surface area contributed by atoms with E-state index in [1.54, 1.807) is 0 Å². The minimum Gasteiger partial charge on any atom is -0.370 e. The van der Waals surface area contributed by atoms with Crippen molar-refractivity contribution in [3.63, 3.8) is 0 Å². The van der Waals surface area contributed by atoms with Gasteiger partial charge in [0.1, 0.15) is 0 Å². The summed E-state index contributed by atoms with van der Waals surface area (Å²) in [4.78, 5) is 2.50. The highest BCUT2D eigenvalue weighted by Crippen LogP contribution is 2.46. The second kappa shape index (κ2) is 5.44. The van der Waals surface area contributed by atoms with E-state index in [1.807, 2.05) is 0 Å². The molecule has 1 saturated heterocycles. The van der Waals surface area contributed by atoms with Crippen LogP contribution < -0.4 is 10.2 Å². The number of aryl methyl sites for hydroxylation is 1. The normalized spacial score (nSPS) is 22.8. The van der Waals surface area contributed by atoms with Gasteiger partial charge in [-0.05, 0) is 43.9 Å². The highest BCUT2D eigenvalue weighted by Gasteiger charge is 2.46. The van der Waals surface area contributed by atoms with Crippen molar-refractivity contribution in [1.82, 2.24) is 5.32 Å². The molecule has 2 aliphatic rings. The van der Waals surface area contributed by atoms with Crippen LogP contribution in [0.3, 0.4) is 0 Å². The SMILES string of the molecule is Cc1cccc(C2(NC3CCN(c4ccccc4)C3)CC2)c1. The van der Waals surface area contributed by atoms with Crippen molar-refractivity contribution in [3.05, 3.63) is 65.7 Å². The summed E-state index contributed by atoms with van der Waals surface area (Å²) in [5.41, 5.74) is 4.45. The third-order valence-electron chi connectivity index (χ3n) is 5.11. The molecule has 2 aromatic carbocycles. The first-order chi connectivity index (χ1) is 10.8. The average molecular weight is 292 g/mol. The van der Waals surface area contributed by atoms with Gasteiger partial charge in [-0.1, -0.05) is 48.0 Å². The van der Waals surface area contributed by atoms with Crippen molar-refractivity contribution in [2.75, 3.05) is 18.0 Å². The van der Waals surface area contributed by atoms with Crippen LogP contribution in [-0.2, 0) is 5.54 Å². The molecule has 0 spiro atoms. The summed E-state index contributed by atoms with van der Waals surface area (Å²) in [6, 6.07) is 20.4. The lowest BCUT2D eigenvalue weighted by Crippen LogP contribution is -2.40. The maximum absolute atomic E-state index is 3.97. The Hall–Kier alpha value is -1.80. The van der Waals surface area contributed by atoms with Gasteiger partial charge in [-0.25, -0.2) is 0 Å². The molecular formula is C20H24N2. The monoisotopic (exact) mass is 292 g/mol. The summed E-state index contributed by atoms with van der Waals surface area (Å²) >= 11 is 0. The summed E-state index contributed by atoms with van der Waals surface area (Å²) in [6.07, 6.45) is 3.79. The zero-order valence-corrected chi connectivity index (χ0v) is 13.3. The summed E-state index contributed by atoms with van der Waals surface area (Å²) in [6.45, 7) is 4.47.